The molecule has 0 fully saturated rings. The third-order valence-electron chi connectivity index (χ3n) is 4.57. The van der Waals surface area contributed by atoms with E-state index in [1.54, 1.807) is 42.6 Å². The molecule has 0 unspecified atom stereocenters. The Morgan fingerprint density at radius 3 is 2.65 bits per heavy atom. The molecule has 0 saturated carbocycles. The van der Waals surface area contributed by atoms with Gasteiger partial charge < -0.3 is 9.26 Å². The second-order valence-electron chi connectivity index (χ2n) is 6.52. The maximum absolute atomic E-state index is 5.50. The average Bonchev–Trinajstić information content (AvgIpc) is 3.59. The molecule has 154 valence electrons. The number of benzene rings is 1. The molecule has 0 spiro atoms. The molecule has 0 aliphatic heterocycles. The largest absolute Gasteiger partial charge is 0.497 e. The highest BCUT2D eigenvalue weighted by atomic mass is 32.2. The second kappa shape index (κ2) is 8.75. The van der Waals surface area contributed by atoms with Crippen LogP contribution in [0.1, 0.15) is 5.69 Å². The molecule has 1 aromatic carbocycles. The standard InChI is InChI=1S/C22H17N5O2S2/c1-28-18-6-4-17(5-7-18)27-21(15-8-10-23-11-9-15)24-25-22(27)31-14-16-13-19(29-26-16)20-3-2-12-30-20/h2-13H,14H2,1H3. The van der Waals surface area contributed by atoms with Gasteiger partial charge in [0, 0.05) is 35.5 Å². The van der Waals surface area contributed by atoms with Crippen LogP contribution >= 0.6 is 23.1 Å². The summed E-state index contributed by atoms with van der Waals surface area (Å²) in [6.45, 7) is 0. The quantitative estimate of drug-likeness (QED) is 0.311. The van der Waals surface area contributed by atoms with Crippen molar-refractivity contribution in [1.29, 1.82) is 0 Å². The summed E-state index contributed by atoms with van der Waals surface area (Å²) < 4.78 is 12.8. The summed E-state index contributed by atoms with van der Waals surface area (Å²) in [6, 6.07) is 17.6. The van der Waals surface area contributed by atoms with E-state index in [4.69, 9.17) is 9.26 Å². The minimum Gasteiger partial charge on any atom is -0.497 e. The van der Waals surface area contributed by atoms with Crippen LogP contribution in [0.3, 0.4) is 0 Å². The summed E-state index contributed by atoms with van der Waals surface area (Å²) >= 11 is 3.18. The van der Waals surface area contributed by atoms with E-state index < -0.39 is 0 Å². The summed E-state index contributed by atoms with van der Waals surface area (Å²) in [5.41, 5.74) is 2.73. The molecule has 5 aromatic rings. The Hall–Kier alpha value is -3.43. The Morgan fingerprint density at radius 2 is 1.90 bits per heavy atom. The van der Waals surface area contributed by atoms with Crippen molar-refractivity contribution >= 4 is 23.1 Å². The van der Waals surface area contributed by atoms with Crippen LogP contribution in [0.4, 0.5) is 0 Å². The lowest BCUT2D eigenvalue weighted by atomic mass is 10.2. The average molecular weight is 448 g/mol. The first-order valence-corrected chi connectivity index (χ1v) is 11.3. The molecule has 0 atom stereocenters. The number of pyridine rings is 1. The van der Waals surface area contributed by atoms with Crippen LogP contribution in [-0.2, 0) is 5.75 Å². The van der Waals surface area contributed by atoms with Crippen molar-refractivity contribution in [2.45, 2.75) is 10.9 Å². The molecule has 0 aliphatic rings. The Labute approximate surface area is 186 Å². The number of rotatable bonds is 7. The molecule has 0 N–H and O–H groups in total. The third kappa shape index (κ3) is 4.10. The zero-order valence-corrected chi connectivity index (χ0v) is 18.1. The third-order valence-corrected chi connectivity index (χ3v) is 6.42. The number of nitrogens with zero attached hydrogens (tertiary/aromatic N) is 5. The highest BCUT2D eigenvalue weighted by Crippen LogP contribution is 2.31. The van der Waals surface area contributed by atoms with Crippen LogP contribution in [-0.4, -0.2) is 32.0 Å². The van der Waals surface area contributed by atoms with Gasteiger partial charge in [-0.05, 0) is 47.8 Å². The first-order valence-electron chi connectivity index (χ1n) is 9.44. The highest BCUT2D eigenvalue weighted by Gasteiger charge is 2.17. The highest BCUT2D eigenvalue weighted by molar-refractivity contribution is 7.98. The van der Waals surface area contributed by atoms with E-state index in [-0.39, 0.29) is 0 Å². The Morgan fingerprint density at radius 1 is 1.06 bits per heavy atom. The predicted molar refractivity (Wildman–Crippen MR) is 121 cm³/mol. The van der Waals surface area contributed by atoms with Gasteiger partial charge in [0.1, 0.15) is 5.75 Å². The number of hydrogen-bond donors (Lipinski definition) is 0. The molecule has 31 heavy (non-hydrogen) atoms. The van der Waals surface area contributed by atoms with Gasteiger partial charge in [0.15, 0.2) is 16.7 Å². The molecule has 4 heterocycles. The van der Waals surface area contributed by atoms with Gasteiger partial charge in [-0.25, -0.2) is 0 Å². The zero-order chi connectivity index (χ0) is 21.0. The van der Waals surface area contributed by atoms with Gasteiger partial charge >= 0.3 is 0 Å². The number of hydrogen-bond acceptors (Lipinski definition) is 8. The van der Waals surface area contributed by atoms with Gasteiger partial charge in [0.05, 0.1) is 17.7 Å². The number of ether oxygens (including phenoxy) is 1. The van der Waals surface area contributed by atoms with Crippen molar-refractivity contribution in [3.63, 3.8) is 0 Å². The van der Waals surface area contributed by atoms with Gasteiger partial charge in [-0.1, -0.05) is 23.0 Å². The topological polar surface area (TPSA) is 78.9 Å². The first kappa shape index (κ1) is 19.5. The predicted octanol–water partition coefficient (Wildman–Crippen LogP) is 5.35. The summed E-state index contributed by atoms with van der Waals surface area (Å²) in [5, 5.41) is 15.9. The maximum atomic E-state index is 5.50. The van der Waals surface area contributed by atoms with Crippen LogP contribution < -0.4 is 4.74 Å². The molecule has 0 radical (unpaired) electrons. The lowest BCUT2D eigenvalue weighted by molar-refractivity contribution is 0.414. The summed E-state index contributed by atoms with van der Waals surface area (Å²) in [5.74, 6) is 2.92. The molecule has 9 heteroatoms. The molecular weight excluding hydrogens is 430 g/mol. The Bertz CT molecular complexity index is 1270. The summed E-state index contributed by atoms with van der Waals surface area (Å²) in [6.07, 6.45) is 3.49. The minimum absolute atomic E-state index is 0.611. The van der Waals surface area contributed by atoms with Crippen molar-refractivity contribution in [3.8, 4) is 33.5 Å². The van der Waals surface area contributed by atoms with Gasteiger partial charge in [0.25, 0.3) is 0 Å². The van der Waals surface area contributed by atoms with E-state index >= 15 is 0 Å². The van der Waals surface area contributed by atoms with Crippen LogP contribution in [0.2, 0.25) is 0 Å². The van der Waals surface area contributed by atoms with Crippen molar-refractivity contribution in [2.24, 2.45) is 0 Å². The molecule has 0 amide bonds. The van der Waals surface area contributed by atoms with Crippen LogP contribution in [0.5, 0.6) is 5.75 Å². The van der Waals surface area contributed by atoms with E-state index in [0.717, 1.165) is 44.3 Å². The van der Waals surface area contributed by atoms with Crippen molar-refractivity contribution in [1.82, 2.24) is 24.9 Å². The van der Waals surface area contributed by atoms with Crippen LogP contribution in [0, 0.1) is 0 Å². The Kier molecular flexibility index (Phi) is 5.51. The molecule has 0 saturated heterocycles. The lowest BCUT2D eigenvalue weighted by Gasteiger charge is -2.10. The number of methoxy groups -OCH3 is 1. The molecule has 5 rings (SSSR count). The Balaban J connectivity index is 1.46. The van der Waals surface area contributed by atoms with Crippen molar-refractivity contribution in [3.05, 3.63) is 78.1 Å². The summed E-state index contributed by atoms with van der Waals surface area (Å²) in [7, 11) is 1.65. The number of thioether (sulfide) groups is 1. The van der Waals surface area contributed by atoms with Gasteiger partial charge in [0.2, 0.25) is 0 Å². The minimum atomic E-state index is 0.611. The van der Waals surface area contributed by atoms with Gasteiger partial charge in [-0.15, -0.1) is 21.5 Å². The fourth-order valence-electron chi connectivity index (χ4n) is 3.07. The van der Waals surface area contributed by atoms with Crippen LogP contribution in [0.15, 0.2) is 82.1 Å². The van der Waals surface area contributed by atoms with E-state index in [9.17, 15) is 0 Å². The number of aromatic nitrogens is 5. The van der Waals surface area contributed by atoms with Crippen molar-refractivity contribution in [2.75, 3.05) is 7.11 Å². The first-order chi connectivity index (χ1) is 15.3. The van der Waals surface area contributed by atoms with Gasteiger partial charge in [-0.2, -0.15) is 0 Å². The van der Waals surface area contributed by atoms with Crippen molar-refractivity contribution < 1.29 is 9.26 Å². The summed E-state index contributed by atoms with van der Waals surface area (Å²) in [4.78, 5) is 5.17. The van der Waals surface area contributed by atoms with Gasteiger partial charge in [-0.3, -0.25) is 9.55 Å². The molecule has 0 aliphatic carbocycles. The van der Waals surface area contributed by atoms with E-state index in [0.29, 0.717) is 5.75 Å². The lowest BCUT2D eigenvalue weighted by Crippen LogP contribution is -2.00. The van der Waals surface area contributed by atoms with E-state index in [1.165, 1.54) is 0 Å². The fourth-order valence-corrected chi connectivity index (χ4v) is 4.57. The van der Waals surface area contributed by atoms with E-state index in [2.05, 4.69) is 20.3 Å². The van der Waals surface area contributed by atoms with E-state index in [1.807, 2.05) is 64.5 Å². The molecule has 4 aromatic heterocycles. The SMILES string of the molecule is COc1ccc(-n2c(SCc3cc(-c4cccs4)on3)nnc2-c2ccncc2)cc1. The monoisotopic (exact) mass is 447 g/mol. The normalized spacial score (nSPS) is 11.0. The fraction of sp³-hybridized carbons (Fsp3) is 0.0909. The smallest absolute Gasteiger partial charge is 0.196 e. The molecule has 7 nitrogen and oxygen atoms in total. The molecular formula is C22H17N5O2S2. The maximum Gasteiger partial charge on any atom is 0.196 e. The molecule has 0 bridgehead atoms. The van der Waals surface area contributed by atoms with Crippen LogP contribution in [0.25, 0.3) is 27.7 Å². The zero-order valence-electron chi connectivity index (χ0n) is 16.5. The number of thiophene rings is 1. The second-order valence-corrected chi connectivity index (χ2v) is 8.41.